The molecule has 0 unspecified atom stereocenters. The number of piperazine rings is 1. The molecule has 1 aliphatic heterocycles. The maximum Gasteiger partial charge on any atom is 0.357 e. The number of carbonyl (C=O) groups is 3. The van der Waals surface area contributed by atoms with E-state index >= 15 is 0 Å². The highest BCUT2D eigenvalue weighted by Gasteiger charge is 2.26. The monoisotopic (exact) mass is 409 g/mol. The number of amides is 2. The van der Waals surface area contributed by atoms with Crippen LogP contribution in [0.25, 0.3) is 10.9 Å². The zero-order valence-corrected chi connectivity index (χ0v) is 16.4. The van der Waals surface area contributed by atoms with E-state index in [0.717, 1.165) is 5.39 Å². The first-order chi connectivity index (χ1) is 14.1. The maximum absolute atomic E-state index is 12.4. The second-order valence-electron chi connectivity index (χ2n) is 6.62. The van der Waals surface area contributed by atoms with Crippen LogP contribution in [0, 0.1) is 0 Å². The highest BCUT2D eigenvalue weighted by molar-refractivity contribution is 7.12. The average molecular weight is 409 g/mol. The highest BCUT2D eigenvalue weighted by Crippen LogP contribution is 2.15. The lowest BCUT2D eigenvalue weighted by molar-refractivity contribution is -0.136. The molecular formula is C21H19N3O4S. The van der Waals surface area contributed by atoms with Gasteiger partial charge in [0.2, 0.25) is 0 Å². The standard InChI is InChI=1S/C21H19N3O4S/c25-19(23-9-11-24(12-10-23)20(26)18-6-3-13-29-18)14-28-21(27)17-8-7-15-4-1-2-5-16(15)22-17/h1-8,13H,9-12,14H2. The van der Waals surface area contributed by atoms with Crippen molar-refractivity contribution in [1.82, 2.24) is 14.8 Å². The average Bonchev–Trinajstić information content (AvgIpc) is 3.31. The minimum atomic E-state index is -0.629. The molecule has 8 heteroatoms. The number of fused-ring (bicyclic) bond motifs is 1. The van der Waals surface area contributed by atoms with Crippen molar-refractivity contribution in [3.05, 3.63) is 64.5 Å². The predicted molar refractivity (Wildman–Crippen MR) is 109 cm³/mol. The summed E-state index contributed by atoms with van der Waals surface area (Å²) in [5, 5.41) is 2.79. The summed E-state index contributed by atoms with van der Waals surface area (Å²) in [5.41, 5.74) is 0.864. The Hall–Kier alpha value is -3.26. The minimum absolute atomic E-state index is 0.0131. The first-order valence-electron chi connectivity index (χ1n) is 9.25. The molecule has 2 aromatic heterocycles. The Bertz CT molecular complexity index is 1040. The largest absolute Gasteiger partial charge is 0.451 e. The molecule has 3 heterocycles. The van der Waals surface area contributed by atoms with Crippen LogP contribution in [0.4, 0.5) is 0 Å². The molecule has 0 atom stereocenters. The van der Waals surface area contributed by atoms with Crippen LogP contribution in [0.2, 0.25) is 0 Å². The van der Waals surface area contributed by atoms with E-state index in [2.05, 4.69) is 4.98 Å². The molecule has 2 amide bonds. The smallest absolute Gasteiger partial charge is 0.357 e. The molecule has 1 saturated heterocycles. The lowest BCUT2D eigenvalue weighted by Crippen LogP contribution is -2.51. The Kier molecular flexibility index (Phi) is 5.53. The number of rotatable bonds is 4. The molecule has 7 nitrogen and oxygen atoms in total. The molecule has 4 rings (SSSR count). The number of ether oxygens (including phenoxy) is 1. The first-order valence-corrected chi connectivity index (χ1v) is 10.1. The van der Waals surface area contributed by atoms with Gasteiger partial charge in [-0.3, -0.25) is 9.59 Å². The summed E-state index contributed by atoms with van der Waals surface area (Å²) in [4.78, 5) is 45.3. The molecule has 0 aliphatic carbocycles. The zero-order valence-electron chi connectivity index (χ0n) is 15.6. The van der Waals surface area contributed by atoms with Crippen LogP contribution in [0.1, 0.15) is 20.2 Å². The second kappa shape index (κ2) is 8.40. The third-order valence-electron chi connectivity index (χ3n) is 4.79. The van der Waals surface area contributed by atoms with Gasteiger partial charge in [0.1, 0.15) is 5.69 Å². The quantitative estimate of drug-likeness (QED) is 0.619. The van der Waals surface area contributed by atoms with Crippen molar-refractivity contribution in [2.75, 3.05) is 32.8 Å². The van der Waals surface area contributed by atoms with Crippen LogP contribution in [0.5, 0.6) is 0 Å². The van der Waals surface area contributed by atoms with Gasteiger partial charge in [0.05, 0.1) is 10.4 Å². The number of aromatic nitrogens is 1. The Morgan fingerprint density at radius 1 is 0.931 bits per heavy atom. The molecule has 3 aromatic rings. The third-order valence-corrected chi connectivity index (χ3v) is 5.64. The van der Waals surface area contributed by atoms with Crippen LogP contribution in [0.15, 0.2) is 53.9 Å². The Balaban J connectivity index is 1.28. The Morgan fingerprint density at radius 3 is 2.45 bits per heavy atom. The van der Waals surface area contributed by atoms with Crippen LogP contribution in [-0.2, 0) is 9.53 Å². The number of nitrogens with zero attached hydrogens (tertiary/aromatic N) is 3. The van der Waals surface area contributed by atoms with E-state index in [1.165, 1.54) is 11.3 Å². The van der Waals surface area contributed by atoms with Gasteiger partial charge in [-0.1, -0.05) is 30.3 Å². The van der Waals surface area contributed by atoms with Crippen molar-refractivity contribution in [1.29, 1.82) is 0 Å². The van der Waals surface area contributed by atoms with Gasteiger partial charge < -0.3 is 14.5 Å². The summed E-state index contributed by atoms with van der Waals surface area (Å²) in [6.45, 7) is 1.42. The fourth-order valence-corrected chi connectivity index (χ4v) is 3.88. The van der Waals surface area contributed by atoms with Crippen molar-refractivity contribution < 1.29 is 19.1 Å². The Labute approximate surface area is 171 Å². The molecule has 1 aliphatic rings. The zero-order chi connectivity index (χ0) is 20.2. The summed E-state index contributed by atoms with van der Waals surface area (Å²) in [7, 11) is 0. The summed E-state index contributed by atoms with van der Waals surface area (Å²) in [6, 6.07) is 14.5. The molecular weight excluding hydrogens is 390 g/mol. The lowest BCUT2D eigenvalue weighted by Gasteiger charge is -2.34. The van der Waals surface area contributed by atoms with E-state index in [9.17, 15) is 14.4 Å². The van der Waals surface area contributed by atoms with Crippen LogP contribution < -0.4 is 0 Å². The fourth-order valence-electron chi connectivity index (χ4n) is 3.19. The topological polar surface area (TPSA) is 79.8 Å². The molecule has 29 heavy (non-hydrogen) atoms. The van der Waals surface area contributed by atoms with Gasteiger partial charge in [-0.25, -0.2) is 9.78 Å². The van der Waals surface area contributed by atoms with Crippen molar-refractivity contribution in [3.63, 3.8) is 0 Å². The number of pyridine rings is 1. The molecule has 0 spiro atoms. The summed E-state index contributed by atoms with van der Waals surface area (Å²) < 4.78 is 5.15. The van der Waals surface area contributed by atoms with Gasteiger partial charge in [0.15, 0.2) is 6.61 Å². The molecule has 0 N–H and O–H groups in total. The SMILES string of the molecule is O=C(OCC(=O)N1CCN(C(=O)c2cccs2)CC1)c1ccc2ccccc2n1. The van der Waals surface area contributed by atoms with E-state index in [0.29, 0.717) is 36.6 Å². The van der Waals surface area contributed by atoms with E-state index in [1.54, 1.807) is 28.0 Å². The van der Waals surface area contributed by atoms with Gasteiger partial charge in [0, 0.05) is 31.6 Å². The number of esters is 1. The summed E-state index contributed by atoms with van der Waals surface area (Å²) in [6.07, 6.45) is 0. The van der Waals surface area contributed by atoms with Gasteiger partial charge in [-0.2, -0.15) is 0 Å². The summed E-state index contributed by atoms with van der Waals surface area (Å²) >= 11 is 1.41. The van der Waals surface area contributed by atoms with Crippen LogP contribution in [-0.4, -0.2) is 65.4 Å². The summed E-state index contributed by atoms with van der Waals surface area (Å²) in [5.74, 6) is -0.918. The van der Waals surface area contributed by atoms with Crippen molar-refractivity contribution in [2.45, 2.75) is 0 Å². The predicted octanol–water partition coefficient (Wildman–Crippen LogP) is 2.44. The minimum Gasteiger partial charge on any atom is -0.451 e. The number of hydrogen-bond donors (Lipinski definition) is 0. The number of hydrogen-bond acceptors (Lipinski definition) is 6. The van der Waals surface area contributed by atoms with Crippen molar-refractivity contribution >= 4 is 40.0 Å². The van der Waals surface area contributed by atoms with Crippen LogP contribution >= 0.6 is 11.3 Å². The molecule has 0 saturated carbocycles. The number of para-hydroxylation sites is 1. The lowest BCUT2D eigenvalue weighted by atomic mass is 10.2. The molecule has 0 radical (unpaired) electrons. The first kappa shape index (κ1) is 19.1. The van der Waals surface area contributed by atoms with Crippen molar-refractivity contribution in [3.8, 4) is 0 Å². The highest BCUT2D eigenvalue weighted by atomic mass is 32.1. The van der Waals surface area contributed by atoms with E-state index in [-0.39, 0.29) is 24.1 Å². The Morgan fingerprint density at radius 2 is 1.69 bits per heavy atom. The van der Waals surface area contributed by atoms with Gasteiger partial charge in [0.25, 0.3) is 11.8 Å². The van der Waals surface area contributed by atoms with Gasteiger partial charge in [-0.15, -0.1) is 11.3 Å². The van der Waals surface area contributed by atoms with E-state index < -0.39 is 5.97 Å². The molecule has 0 bridgehead atoms. The normalized spacial score (nSPS) is 14.1. The molecule has 148 valence electrons. The van der Waals surface area contributed by atoms with E-state index in [4.69, 9.17) is 4.74 Å². The fraction of sp³-hybridized carbons (Fsp3) is 0.238. The second-order valence-corrected chi connectivity index (χ2v) is 7.56. The molecule has 1 aromatic carbocycles. The number of carbonyl (C=O) groups excluding carboxylic acids is 3. The van der Waals surface area contributed by atoms with Crippen LogP contribution in [0.3, 0.4) is 0 Å². The van der Waals surface area contributed by atoms with Gasteiger partial charge in [-0.05, 0) is 23.6 Å². The van der Waals surface area contributed by atoms with Gasteiger partial charge >= 0.3 is 5.97 Å². The maximum atomic E-state index is 12.4. The van der Waals surface area contributed by atoms with E-state index in [1.807, 2.05) is 35.7 Å². The molecule has 1 fully saturated rings. The number of benzene rings is 1. The third kappa shape index (κ3) is 4.27. The van der Waals surface area contributed by atoms with Crippen molar-refractivity contribution in [2.24, 2.45) is 0 Å². The number of thiophene rings is 1.